The van der Waals surface area contributed by atoms with Gasteiger partial charge in [0.05, 0.1) is 0 Å². The smallest absolute Gasteiger partial charge is 0.0467 e. The third kappa shape index (κ3) is 0.617. The molecule has 0 saturated heterocycles. The number of hydrogen-bond donors (Lipinski definition) is 1. The Balaban J connectivity index is 2.95. The minimum atomic E-state index is 1.06. The number of benzene rings is 1. The summed E-state index contributed by atoms with van der Waals surface area (Å²) in [6, 6.07) is 12.4. The highest BCUT2D eigenvalue weighted by atomic mass is 14.6. The molecule has 0 amide bonds. The lowest BCUT2D eigenvalue weighted by atomic mass is 10.3. The molecule has 1 N–H and O–H groups in total. The number of H-pyrrole nitrogens is 1. The molecule has 0 fully saturated rings. The van der Waals surface area contributed by atoms with E-state index in [0.717, 1.165) is 10.9 Å². The van der Waals surface area contributed by atoms with E-state index in [1.165, 1.54) is 0 Å². The number of fused-ring (bicyclic) bond motifs is 1. The molecule has 0 aliphatic carbocycles. The SMILES string of the molecule is [c]1[c]cc2[nH]c[c]c2c1. The quantitative estimate of drug-likeness (QED) is 0.535. The van der Waals surface area contributed by atoms with E-state index in [-0.39, 0.29) is 0 Å². The van der Waals surface area contributed by atoms with Crippen molar-refractivity contribution in [2.45, 2.75) is 0 Å². The van der Waals surface area contributed by atoms with Crippen LogP contribution < -0.4 is 0 Å². The van der Waals surface area contributed by atoms with Gasteiger partial charge in [0.2, 0.25) is 0 Å². The van der Waals surface area contributed by atoms with Gasteiger partial charge < -0.3 is 4.98 Å². The van der Waals surface area contributed by atoms with Crippen LogP contribution >= 0.6 is 0 Å². The molecule has 0 unspecified atom stereocenters. The van der Waals surface area contributed by atoms with Gasteiger partial charge >= 0.3 is 0 Å². The maximum atomic E-state index is 3.01. The maximum Gasteiger partial charge on any atom is 0.0467 e. The zero-order valence-electron chi connectivity index (χ0n) is 4.73. The minimum Gasteiger partial charge on any atom is -0.361 e. The predicted molar refractivity (Wildman–Crippen MR) is 34.8 cm³/mol. The molecule has 0 spiro atoms. The molecular weight excluding hydrogens is 110 g/mol. The van der Waals surface area contributed by atoms with Crippen LogP contribution in [0, 0.1) is 18.2 Å². The first-order valence-electron chi connectivity index (χ1n) is 2.73. The van der Waals surface area contributed by atoms with E-state index in [1.807, 2.05) is 12.1 Å². The Morgan fingerprint density at radius 1 is 1.22 bits per heavy atom. The summed E-state index contributed by atoms with van der Waals surface area (Å²) in [6.07, 6.45) is 1.78. The van der Waals surface area contributed by atoms with Crippen LogP contribution in [0.15, 0.2) is 18.3 Å². The van der Waals surface area contributed by atoms with E-state index in [2.05, 4.69) is 23.2 Å². The Bertz CT molecular complexity index is 279. The highest BCUT2D eigenvalue weighted by Crippen LogP contribution is 2.07. The zero-order chi connectivity index (χ0) is 6.10. The average Bonchev–Trinajstić information content (AvgIpc) is 2.33. The van der Waals surface area contributed by atoms with Crippen LogP contribution in [0.4, 0.5) is 0 Å². The van der Waals surface area contributed by atoms with Gasteiger partial charge in [0, 0.05) is 23.2 Å². The third-order valence-corrected chi connectivity index (χ3v) is 1.26. The van der Waals surface area contributed by atoms with Crippen molar-refractivity contribution in [1.29, 1.82) is 0 Å². The van der Waals surface area contributed by atoms with E-state index in [0.29, 0.717) is 0 Å². The molecule has 0 atom stereocenters. The van der Waals surface area contributed by atoms with Gasteiger partial charge in [-0.2, -0.15) is 0 Å². The van der Waals surface area contributed by atoms with Gasteiger partial charge in [-0.3, -0.25) is 0 Å². The van der Waals surface area contributed by atoms with Crippen LogP contribution in [0.25, 0.3) is 10.9 Å². The van der Waals surface area contributed by atoms with Gasteiger partial charge in [-0.1, -0.05) is 0 Å². The largest absolute Gasteiger partial charge is 0.361 e. The molecule has 0 bridgehead atoms. The Kier molecular flexibility index (Phi) is 0.833. The van der Waals surface area contributed by atoms with Crippen molar-refractivity contribution in [2.24, 2.45) is 0 Å². The molecule has 1 nitrogen and oxygen atoms in total. The molecule has 1 aromatic carbocycles. The molecule has 9 heavy (non-hydrogen) atoms. The fourth-order valence-corrected chi connectivity index (χ4v) is 0.814. The average molecular weight is 114 g/mol. The third-order valence-electron chi connectivity index (χ3n) is 1.26. The van der Waals surface area contributed by atoms with Crippen LogP contribution in [0.2, 0.25) is 0 Å². The minimum absolute atomic E-state index is 1.06. The maximum absolute atomic E-state index is 3.01. The molecule has 1 heterocycles. The summed E-state index contributed by atoms with van der Waals surface area (Å²) in [7, 11) is 0. The fraction of sp³-hybridized carbons (Fsp3) is 0. The summed E-state index contributed by atoms with van der Waals surface area (Å²) in [5.74, 6) is 0. The summed E-state index contributed by atoms with van der Waals surface area (Å²) < 4.78 is 0. The Labute approximate surface area is 53.3 Å². The van der Waals surface area contributed by atoms with E-state index in [1.54, 1.807) is 6.20 Å². The van der Waals surface area contributed by atoms with Crippen molar-refractivity contribution in [3.05, 3.63) is 36.5 Å². The summed E-state index contributed by atoms with van der Waals surface area (Å²) in [5.41, 5.74) is 1.06. The van der Waals surface area contributed by atoms with Gasteiger partial charge in [-0.05, 0) is 24.3 Å². The van der Waals surface area contributed by atoms with E-state index < -0.39 is 0 Å². The second-order valence-electron chi connectivity index (χ2n) is 1.84. The van der Waals surface area contributed by atoms with Gasteiger partial charge in [-0.15, -0.1) is 0 Å². The first-order valence-corrected chi connectivity index (χ1v) is 2.73. The second kappa shape index (κ2) is 1.62. The number of hydrogen-bond acceptors (Lipinski definition) is 0. The lowest BCUT2D eigenvalue weighted by molar-refractivity contribution is 1.47. The Hall–Kier alpha value is -1.24. The molecule has 0 saturated carbocycles. The first kappa shape index (κ1) is 4.62. The monoisotopic (exact) mass is 114 g/mol. The van der Waals surface area contributed by atoms with Gasteiger partial charge in [0.15, 0.2) is 0 Å². The topological polar surface area (TPSA) is 15.8 Å². The van der Waals surface area contributed by atoms with E-state index >= 15 is 0 Å². The second-order valence-corrected chi connectivity index (χ2v) is 1.84. The van der Waals surface area contributed by atoms with Crippen molar-refractivity contribution in [3.8, 4) is 0 Å². The van der Waals surface area contributed by atoms with Gasteiger partial charge in [0.25, 0.3) is 0 Å². The van der Waals surface area contributed by atoms with Crippen molar-refractivity contribution in [2.75, 3.05) is 0 Å². The number of nitrogens with one attached hydrogen (secondary N) is 1. The van der Waals surface area contributed by atoms with Crippen LogP contribution in [0.3, 0.4) is 0 Å². The normalized spacial score (nSPS) is 10.2. The van der Waals surface area contributed by atoms with Crippen LogP contribution in [-0.4, -0.2) is 4.98 Å². The van der Waals surface area contributed by atoms with Crippen molar-refractivity contribution in [1.82, 2.24) is 4.98 Å². The molecular formula is C8H4N. The number of aromatic amines is 1. The summed E-state index contributed by atoms with van der Waals surface area (Å²) in [6.45, 7) is 0. The van der Waals surface area contributed by atoms with Gasteiger partial charge in [-0.25, -0.2) is 0 Å². The summed E-state index contributed by atoms with van der Waals surface area (Å²) in [5, 5.41) is 1.06. The van der Waals surface area contributed by atoms with Crippen LogP contribution in [-0.2, 0) is 0 Å². The molecule has 3 radical (unpaired) electrons. The summed E-state index contributed by atoms with van der Waals surface area (Å²) in [4.78, 5) is 3.01. The molecule has 2 rings (SSSR count). The van der Waals surface area contributed by atoms with Gasteiger partial charge in [0.1, 0.15) is 0 Å². The number of rotatable bonds is 0. The standard InChI is InChI=1S/C8H4N/c1-2-4-8-7(3-1)5-6-9-8/h3-4,6,9H. The van der Waals surface area contributed by atoms with Crippen LogP contribution in [0.1, 0.15) is 0 Å². The highest BCUT2D eigenvalue weighted by molar-refractivity contribution is 5.77. The first-order chi connectivity index (χ1) is 4.47. The molecule has 0 aliphatic heterocycles. The molecule has 0 aliphatic rings. The van der Waals surface area contributed by atoms with Crippen LogP contribution in [0.5, 0.6) is 0 Å². The lowest BCUT2D eigenvalue weighted by Crippen LogP contribution is -1.63. The van der Waals surface area contributed by atoms with E-state index in [4.69, 9.17) is 0 Å². The predicted octanol–water partition coefficient (Wildman–Crippen LogP) is 1.57. The Morgan fingerprint density at radius 2 is 2.11 bits per heavy atom. The van der Waals surface area contributed by atoms with E-state index in [9.17, 15) is 0 Å². The molecule has 1 heteroatoms. The molecule has 2 aromatic rings. The van der Waals surface area contributed by atoms with Crippen molar-refractivity contribution < 1.29 is 0 Å². The highest BCUT2D eigenvalue weighted by Gasteiger charge is 1.88. The number of aromatic nitrogens is 1. The fourth-order valence-electron chi connectivity index (χ4n) is 0.814. The lowest BCUT2D eigenvalue weighted by Gasteiger charge is -1.81. The van der Waals surface area contributed by atoms with Crippen molar-refractivity contribution >= 4 is 10.9 Å². The Morgan fingerprint density at radius 3 is 3.00 bits per heavy atom. The molecule has 41 valence electrons. The summed E-state index contributed by atoms with van der Waals surface area (Å²) >= 11 is 0. The molecule has 1 aromatic heterocycles. The zero-order valence-corrected chi connectivity index (χ0v) is 4.73. The van der Waals surface area contributed by atoms with Crippen molar-refractivity contribution in [3.63, 3.8) is 0 Å².